The normalized spacial score (nSPS) is 12.6. The number of hydrogen-bond acceptors (Lipinski definition) is 7. The first-order valence-corrected chi connectivity index (χ1v) is 8.20. The molecule has 0 fully saturated rings. The molecular weight excluding hydrogens is 386 g/mol. The second-order valence-electron chi connectivity index (χ2n) is 6.05. The average molecular weight is 399 g/mol. The molecule has 0 atom stereocenters. The molecule has 0 spiro atoms. The van der Waals surface area contributed by atoms with Gasteiger partial charge in [-0.3, -0.25) is 29.4 Å². The molecule has 3 N–H and O–H groups in total. The number of aromatic carboxylic acids is 1. The third kappa shape index (κ3) is 3.60. The van der Waals surface area contributed by atoms with E-state index in [1.807, 2.05) is 0 Å². The highest BCUT2D eigenvalue weighted by molar-refractivity contribution is 6.23. The zero-order valence-electron chi connectivity index (χ0n) is 14.6. The van der Waals surface area contributed by atoms with Crippen molar-refractivity contribution in [2.75, 3.05) is 11.9 Å². The molecule has 148 valence electrons. The van der Waals surface area contributed by atoms with E-state index in [-0.39, 0.29) is 41.1 Å². The summed E-state index contributed by atoms with van der Waals surface area (Å²) < 4.78 is 0. The fourth-order valence-corrected chi connectivity index (χ4v) is 2.87. The van der Waals surface area contributed by atoms with Crippen molar-refractivity contribution in [2.45, 2.75) is 6.42 Å². The van der Waals surface area contributed by atoms with Crippen molar-refractivity contribution in [1.82, 2.24) is 4.90 Å². The maximum absolute atomic E-state index is 12.4. The Kier molecular flexibility index (Phi) is 4.96. The van der Waals surface area contributed by atoms with E-state index in [0.717, 1.165) is 29.2 Å². The number of anilines is 1. The van der Waals surface area contributed by atoms with Crippen LogP contribution >= 0.6 is 0 Å². The number of nitrogens with zero attached hydrogens (tertiary/aromatic N) is 2. The lowest BCUT2D eigenvalue weighted by molar-refractivity contribution is -0.385. The summed E-state index contributed by atoms with van der Waals surface area (Å²) in [5, 5.41) is 32.1. The monoisotopic (exact) mass is 399 g/mol. The predicted octanol–water partition coefficient (Wildman–Crippen LogP) is 1.62. The van der Waals surface area contributed by atoms with Gasteiger partial charge in [-0.15, -0.1) is 0 Å². The van der Waals surface area contributed by atoms with E-state index >= 15 is 0 Å². The second-order valence-corrected chi connectivity index (χ2v) is 6.05. The predicted molar refractivity (Wildman–Crippen MR) is 96.8 cm³/mol. The van der Waals surface area contributed by atoms with Gasteiger partial charge in [-0.2, -0.15) is 0 Å². The minimum Gasteiger partial charge on any atom is -0.506 e. The lowest BCUT2D eigenvalue weighted by Gasteiger charge is -2.14. The fraction of sp³-hybridized carbons (Fsp3) is 0.111. The van der Waals surface area contributed by atoms with Gasteiger partial charge in [0, 0.05) is 19.0 Å². The highest BCUT2D eigenvalue weighted by atomic mass is 16.6. The van der Waals surface area contributed by atoms with Crippen LogP contribution in [0.2, 0.25) is 0 Å². The number of amides is 3. The molecule has 0 saturated carbocycles. The summed E-state index contributed by atoms with van der Waals surface area (Å²) in [7, 11) is 0. The Morgan fingerprint density at radius 2 is 1.86 bits per heavy atom. The molecule has 1 aliphatic rings. The Hall–Kier alpha value is -4.28. The first kappa shape index (κ1) is 19.5. The van der Waals surface area contributed by atoms with Crippen molar-refractivity contribution in [3.8, 4) is 5.75 Å². The number of imide groups is 1. The van der Waals surface area contributed by atoms with E-state index < -0.39 is 34.3 Å². The molecule has 0 radical (unpaired) electrons. The highest BCUT2D eigenvalue weighted by Gasteiger charge is 2.40. The van der Waals surface area contributed by atoms with Crippen LogP contribution in [0.25, 0.3) is 0 Å². The van der Waals surface area contributed by atoms with Gasteiger partial charge in [0.15, 0.2) is 0 Å². The van der Waals surface area contributed by atoms with Crippen LogP contribution in [0, 0.1) is 10.1 Å². The average Bonchev–Trinajstić information content (AvgIpc) is 2.92. The molecule has 11 heteroatoms. The summed E-state index contributed by atoms with van der Waals surface area (Å²) >= 11 is 0. The van der Waals surface area contributed by atoms with Crippen molar-refractivity contribution in [3.05, 3.63) is 63.2 Å². The summed E-state index contributed by atoms with van der Waals surface area (Å²) in [6, 6.07) is 7.00. The van der Waals surface area contributed by atoms with Gasteiger partial charge in [-0.05, 0) is 24.3 Å². The molecule has 1 aliphatic heterocycles. The van der Waals surface area contributed by atoms with Crippen LogP contribution in [0.4, 0.5) is 11.4 Å². The summed E-state index contributed by atoms with van der Waals surface area (Å²) in [6.45, 7) is -0.352. The van der Waals surface area contributed by atoms with Crippen LogP contribution < -0.4 is 5.32 Å². The zero-order valence-corrected chi connectivity index (χ0v) is 14.6. The van der Waals surface area contributed by atoms with Gasteiger partial charge >= 0.3 is 5.97 Å². The van der Waals surface area contributed by atoms with E-state index in [1.165, 1.54) is 12.1 Å². The summed E-state index contributed by atoms with van der Waals surface area (Å²) in [4.78, 5) is 59.0. The molecule has 0 unspecified atom stereocenters. The molecule has 2 aromatic carbocycles. The second kappa shape index (κ2) is 7.38. The van der Waals surface area contributed by atoms with Crippen LogP contribution in [0.1, 0.15) is 37.5 Å². The molecule has 0 aromatic heterocycles. The molecule has 11 nitrogen and oxygen atoms in total. The highest BCUT2D eigenvalue weighted by Crippen LogP contribution is 2.31. The molecule has 1 heterocycles. The van der Waals surface area contributed by atoms with Crippen LogP contribution in [0.15, 0.2) is 36.4 Å². The molecule has 0 aliphatic carbocycles. The van der Waals surface area contributed by atoms with Gasteiger partial charge in [0.05, 0.1) is 21.7 Å². The molecule has 29 heavy (non-hydrogen) atoms. The number of nitrogens with one attached hydrogen (secondary N) is 1. The van der Waals surface area contributed by atoms with Crippen LogP contribution in [0.3, 0.4) is 0 Å². The number of carboxylic acids is 1. The first-order valence-electron chi connectivity index (χ1n) is 8.20. The van der Waals surface area contributed by atoms with Crippen LogP contribution in [-0.2, 0) is 4.79 Å². The Labute approximate surface area is 162 Å². The number of phenolic OH excluding ortho intramolecular Hbond substituents is 1. The smallest absolute Gasteiger partial charge is 0.335 e. The number of rotatable bonds is 6. The number of fused-ring (bicyclic) bond motifs is 1. The molecular formula is C18H13N3O8. The number of benzene rings is 2. The lowest BCUT2D eigenvalue weighted by atomic mass is 10.1. The standard InChI is InChI=1S/C18H13N3O8/c22-13-5-4-9(18(26)27)8-11(13)19-14(23)6-7-20-16(24)10-2-1-3-12(21(28)29)15(10)17(20)25/h1-5,8,22H,6-7H2,(H,19,23)(H,26,27). The van der Waals surface area contributed by atoms with Gasteiger partial charge in [-0.25, -0.2) is 4.79 Å². The molecule has 3 rings (SSSR count). The molecule has 3 amide bonds. The molecule has 0 bridgehead atoms. The van der Waals surface area contributed by atoms with Crippen molar-refractivity contribution >= 4 is 35.1 Å². The summed E-state index contributed by atoms with van der Waals surface area (Å²) in [5.41, 5.74) is -1.24. The topological polar surface area (TPSA) is 167 Å². The number of nitro benzene ring substituents is 1. The number of carbonyl (C=O) groups excluding carboxylic acids is 3. The van der Waals surface area contributed by atoms with Gasteiger partial charge in [-0.1, -0.05) is 6.07 Å². The van der Waals surface area contributed by atoms with Crippen molar-refractivity contribution in [2.24, 2.45) is 0 Å². The molecule has 0 saturated heterocycles. The number of carboxylic acid groups (broad SMARTS) is 1. The SMILES string of the molecule is O=C(CCN1C(=O)c2cccc([N+](=O)[O-])c2C1=O)Nc1cc(C(=O)O)ccc1O. The largest absolute Gasteiger partial charge is 0.506 e. The van der Waals surface area contributed by atoms with Gasteiger partial charge < -0.3 is 15.5 Å². The Balaban J connectivity index is 1.72. The number of hydrogen-bond donors (Lipinski definition) is 3. The van der Waals surface area contributed by atoms with Gasteiger partial charge in [0.1, 0.15) is 11.3 Å². The maximum Gasteiger partial charge on any atom is 0.335 e. The number of carbonyl (C=O) groups is 4. The maximum atomic E-state index is 12.4. The quantitative estimate of drug-likeness (QED) is 0.285. The van der Waals surface area contributed by atoms with E-state index in [4.69, 9.17) is 5.11 Å². The fourth-order valence-electron chi connectivity index (χ4n) is 2.87. The summed E-state index contributed by atoms with van der Waals surface area (Å²) in [6.07, 6.45) is -0.365. The minimum absolute atomic E-state index is 0.114. The van der Waals surface area contributed by atoms with E-state index in [2.05, 4.69) is 5.32 Å². The Morgan fingerprint density at radius 1 is 1.14 bits per heavy atom. The number of phenols is 1. The third-order valence-corrected chi connectivity index (χ3v) is 4.25. The van der Waals surface area contributed by atoms with Gasteiger partial charge in [0.2, 0.25) is 5.91 Å². The van der Waals surface area contributed by atoms with Crippen LogP contribution in [0.5, 0.6) is 5.75 Å². The van der Waals surface area contributed by atoms with Crippen molar-refractivity contribution in [1.29, 1.82) is 0 Å². The minimum atomic E-state index is -1.26. The van der Waals surface area contributed by atoms with Crippen LogP contribution in [-0.4, -0.2) is 50.3 Å². The van der Waals surface area contributed by atoms with Crippen molar-refractivity contribution < 1.29 is 34.3 Å². The Morgan fingerprint density at radius 3 is 2.52 bits per heavy atom. The third-order valence-electron chi connectivity index (χ3n) is 4.25. The first-order chi connectivity index (χ1) is 13.7. The van der Waals surface area contributed by atoms with E-state index in [9.17, 15) is 34.4 Å². The van der Waals surface area contributed by atoms with Gasteiger partial charge in [0.25, 0.3) is 17.5 Å². The van der Waals surface area contributed by atoms with Crippen molar-refractivity contribution in [3.63, 3.8) is 0 Å². The number of nitro groups is 1. The van der Waals surface area contributed by atoms with E-state index in [1.54, 1.807) is 0 Å². The lowest BCUT2D eigenvalue weighted by Crippen LogP contribution is -2.33. The summed E-state index contributed by atoms with van der Waals surface area (Å²) in [5.74, 6) is -3.94. The number of aromatic hydroxyl groups is 1. The zero-order chi connectivity index (χ0) is 21.3. The van der Waals surface area contributed by atoms with E-state index in [0.29, 0.717) is 0 Å². The Bertz CT molecular complexity index is 1080. The molecule has 2 aromatic rings.